The fourth-order valence-corrected chi connectivity index (χ4v) is 2.06. The summed E-state index contributed by atoms with van der Waals surface area (Å²) in [6.45, 7) is 5.68. The van der Waals surface area contributed by atoms with E-state index < -0.39 is 11.7 Å². The van der Waals surface area contributed by atoms with Crippen molar-refractivity contribution in [3.05, 3.63) is 65.7 Å². The van der Waals surface area contributed by atoms with E-state index in [1.807, 2.05) is 36.4 Å². The highest BCUT2D eigenvalue weighted by molar-refractivity contribution is 6.04. The highest BCUT2D eigenvalue weighted by Crippen LogP contribution is 2.16. The number of ether oxygens (including phenoxy) is 1. The molecule has 0 unspecified atom stereocenters. The van der Waals surface area contributed by atoms with Crippen molar-refractivity contribution < 1.29 is 14.3 Å². The summed E-state index contributed by atoms with van der Waals surface area (Å²) in [6.07, 6.45) is -0.494. The minimum Gasteiger partial charge on any atom is -0.444 e. The van der Waals surface area contributed by atoms with Crippen LogP contribution in [-0.4, -0.2) is 17.6 Å². The summed E-state index contributed by atoms with van der Waals surface area (Å²) >= 11 is 0. The highest BCUT2D eigenvalue weighted by Gasteiger charge is 2.16. The Balaban J connectivity index is 2.02. The lowest BCUT2D eigenvalue weighted by Crippen LogP contribution is -2.32. The van der Waals surface area contributed by atoms with Gasteiger partial charge in [-0.1, -0.05) is 36.4 Å². The zero-order valence-corrected chi connectivity index (χ0v) is 14.1. The molecule has 0 radical (unpaired) electrons. The van der Waals surface area contributed by atoms with Crippen LogP contribution in [0.2, 0.25) is 0 Å². The van der Waals surface area contributed by atoms with Crippen molar-refractivity contribution in [2.24, 2.45) is 0 Å². The highest BCUT2D eigenvalue weighted by atomic mass is 16.6. The molecule has 0 heterocycles. The van der Waals surface area contributed by atoms with Crippen molar-refractivity contribution in [3.63, 3.8) is 0 Å². The zero-order valence-electron chi connectivity index (χ0n) is 14.1. The second-order valence-electron chi connectivity index (χ2n) is 6.33. The summed E-state index contributed by atoms with van der Waals surface area (Å²) in [5.41, 5.74) is 1.48. The Kier molecular flexibility index (Phi) is 5.58. The summed E-state index contributed by atoms with van der Waals surface area (Å²) in [4.78, 5) is 24.0. The standard InChI is InChI=1S/C19H22N2O3/c1-19(2,3)24-18(23)20-13-15-11-7-8-12-16(15)21-17(22)14-9-5-4-6-10-14/h4-12H,13H2,1-3H3,(H,20,23)(H,21,22). The van der Waals surface area contributed by atoms with Gasteiger partial charge in [-0.3, -0.25) is 4.79 Å². The maximum atomic E-state index is 12.3. The first-order chi connectivity index (χ1) is 11.3. The van der Waals surface area contributed by atoms with Crippen molar-refractivity contribution in [2.45, 2.75) is 32.9 Å². The first-order valence-corrected chi connectivity index (χ1v) is 7.76. The number of hydrogen-bond acceptors (Lipinski definition) is 3. The minimum absolute atomic E-state index is 0.194. The molecule has 5 heteroatoms. The van der Waals surface area contributed by atoms with E-state index >= 15 is 0 Å². The molecule has 2 amide bonds. The summed E-state index contributed by atoms with van der Waals surface area (Å²) in [6, 6.07) is 16.3. The molecule has 0 aromatic heterocycles. The first kappa shape index (κ1) is 17.5. The Bertz CT molecular complexity index is 706. The third-order valence-corrected chi connectivity index (χ3v) is 3.12. The molecule has 2 aromatic rings. The number of amides is 2. The molecule has 0 saturated carbocycles. The van der Waals surface area contributed by atoms with Crippen LogP contribution in [0.25, 0.3) is 0 Å². The molecule has 2 aromatic carbocycles. The van der Waals surface area contributed by atoms with Crippen molar-refractivity contribution in [3.8, 4) is 0 Å². The van der Waals surface area contributed by atoms with Crippen molar-refractivity contribution >= 4 is 17.7 Å². The quantitative estimate of drug-likeness (QED) is 0.893. The summed E-state index contributed by atoms with van der Waals surface area (Å²) in [5, 5.41) is 5.56. The molecule has 24 heavy (non-hydrogen) atoms. The molecule has 0 aliphatic carbocycles. The van der Waals surface area contributed by atoms with Crippen LogP contribution in [-0.2, 0) is 11.3 Å². The molecule has 2 N–H and O–H groups in total. The van der Waals surface area contributed by atoms with Crippen molar-refractivity contribution in [1.29, 1.82) is 0 Å². The van der Waals surface area contributed by atoms with Gasteiger partial charge in [0.2, 0.25) is 0 Å². The minimum atomic E-state index is -0.550. The molecular formula is C19H22N2O3. The third kappa shape index (κ3) is 5.43. The SMILES string of the molecule is CC(C)(C)OC(=O)NCc1ccccc1NC(=O)c1ccccc1. The number of alkyl carbamates (subject to hydrolysis) is 1. The van der Waals surface area contributed by atoms with Crippen molar-refractivity contribution in [2.75, 3.05) is 5.32 Å². The smallest absolute Gasteiger partial charge is 0.407 e. The van der Waals surface area contributed by atoms with Gasteiger partial charge in [0.05, 0.1) is 0 Å². The van der Waals surface area contributed by atoms with Gasteiger partial charge in [0, 0.05) is 17.8 Å². The second kappa shape index (κ2) is 7.64. The molecule has 0 aliphatic heterocycles. The molecular weight excluding hydrogens is 304 g/mol. The monoisotopic (exact) mass is 326 g/mol. The fraction of sp³-hybridized carbons (Fsp3) is 0.263. The van der Waals surface area contributed by atoms with Crippen LogP contribution >= 0.6 is 0 Å². The lowest BCUT2D eigenvalue weighted by Gasteiger charge is -2.20. The molecule has 0 spiro atoms. The average Bonchev–Trinajstić information content (AvgIpc) is 2.53. The first-order valence-electron chi connectivity index (χ1n) is 7.76. The van der Waals surface area contributed by atoms with E-state index in [0.717, 1.165) is 5.56 Å². The van der Waals surface area contributed by atoms with Gasteiger partial charge in [-0.15, -0.1) is 0 Å². The van der Waals surface area contributed by atoms with Crippen LogP contribution in [0.15, 0.2) is 54.6 Å². The Morgan fingerprint density at radius 2 is 1.58 bits per heavy atom. The van der Waals surface area contributed by atoms with Gasteiger partial charge in [-0.2, -0.15) is 0 Å². The van der Waals surface area contributed by atoms with Gasteiger partial charge in [0.15, 0.2) is 0 Å². The Labute approximate surface area is 142 Å². The number of rotatable bonds is 4. The predicted octanol–water partition coefficient (Wildman–Crippen LogP) is 3.96. The summed E-state index contributed by atoms with van der Waals surface area (Å²) < 4.78 is 5.21. The van der Waals surface area contributed by atoms with Crippen LogP contribution in [0.5, 0.6) is 0 Å². The maximum Gasteiger partial charge on any atom is 0.407 e. The van der Waals surface area contributed by atoms with Gasteiger partial charge in [-0.25, -0.2) is 4.79 Å². The lowest BCUT2D eigenvalue weighted by atomic mass is 10.1. The van der Waals surface area contributed by atoms with Crippen LogP contribution in [0.4, 0.5) is 10.5 Å². The maximum absolute atomic E-state index is 12.3. The molecule has 0 bridgehead atoms. The Hall–Kier alpha value is -2.82. The number of carbonyl (C=O) groups is 2. The molecule has 126 valence electrons. The van der Waals surface area contributed by atoms with E-state index in [4.69, 9.17) is 4.74 Å². The Morgan fingerprint density at radius 3 is 2.25 bits per heavy atom. The topological polar surface area (TPSA) is 67.4 Å². The normalized spacial score (nSPS) is 10.8. The van der Waals surface area contributed by atoms with Crippen molar-refractivity contribution in [1.82, 2.24) is 5.32 Å². The largest absolute Gasteiger partial charge is 0.444 e. The average molecular weight is 326 g/mol. The molecule has 0 atom stereocenters. The number of hydrogen-bond donors (Lipinski definition) is 2. The fourth-order valence-electron chi connectivity index (χ4n) is 2.06. The zero-order chi connectivity index (χ0) is 17.6. The number of carbonyl (C=O) groups excluding carboxylic acids is 2. The lowest BCUT2D eigenvalue weighted by molar-refractivity contribution is 0.0523. The Morgan fingerprint density at radius 1 is 0.958 bits per heavy atom. The van der Waals surface area contributed by atoms with Crippen LogP contribution in [0.1, 0.15) is 36.7 Å². The van der Waals surface area contributed by atoms with Crippen LogP contribution < -0.4 is 10.6 Å². The van der Waals surface area contributed by atoms with Crippen LogP contribution in [0.3, 0.4) is 0 Å². The molecule has 0 saturated heterocycles. The molecule has 2 rings (SSSR count). The number of anilines is 1. The van der Waals surface area contributed by atoms with E-state index in [1.54, 1.807) is 39.0 Å². The van der Waals surface area contributed by atoms with E-state index in [9.17, 15) is 9.59 Å². The van der Waals surface area contributed by atoms with Gasteiger partial charge < -0.3 is 15.4 Å². The summed E-state index contributed by atoms with van der Waals surface area (Å²) in [7, 11) is 0. The second-order valence-corrected chi connectivity index (χ2v) is 6.33. The van der Waals surface area contributed by atoms with Crippen LogP contribution in [0, 0.1) is 0 Å². The molecule has 0 aliphatic rings. The van der Waals surface area contributed by atoms with E-state index in [0.29, 0.717) is 11.3 Å². The number of benzene rings is 2. The van der Waals surface area contributed by atoms with Gasteiger partial charge in [0.25, 0.3) is 5.91 Å². The third-order valence-electron chi connectivity index (χ3n) is 3.12. The number of nitrogens with one attached hydrogen (secondary N) is 2. The molecule has 0 fully saturated rings. The van der Waals surface area contributed by atoms with E-state index in [2.05, 4.69) is 10.6 Å². The van der Waals surface area contributed by atoms with E-state index in [1.165, 1.54) is 0 Å². The predicted molar refractivity (Wildman–Crippen MR) is 93.9 cm³/mol. The van der Waals surface area contributed by atoms with E-state index in [-0.39, 0.29) is 12.5 Å². The van der Waals surface area contributed by atoms with Gasteiger partial charge >= 0.3 is 6.09 Å². The molecule has 5 nitrogen and oxygen atoms in total. The van der Waals surface area contributed by atoms with Gasteiger partial charge in [0.1, 0.15) is 5.60 Å². The van der Waals surface area contributed by atoms with Gasteiger partial charge in [-0.05, 0) is 44.5 Å². The number of para-hydroxylation sites is 1. The summed E-state index contributed by atoms with van der Waals surface area (Å²) in [5.74, 6) is -0.194.